The Balaban J connectivity index is 2.34. The second-order valence-electron chi connectivity index (χ2n) is 4.38. The number of ether oxygens (including phenoxy) is 1. The van der Waals surface area contributed by atoms with Gasteiger partial charge in [-0.1, -0.05) is 12.1 Å². The van der Waals surface area contributed by atoms with Gasteiger partial charge in [-0.3, -0.25) is 14.8 Å². The van der Waals surface area contributed by atoms with Gasteiger partial charge in [-0.2, -0.15) is 0 Å². The van der Waals surface area contributed by atoms with Crippen molar-refractivity contribution in [2.45, 2.75) is 20.3 Å². The molecule has 0 aliphatic rings. The summed E-state index contributed by atoms with van der Waals surface area (Å²) in [4.78, 5) is 19.9. The predicted molar refractivity (Wildman–Crippen MR) is 72.7 cm³/mol. The Bertz CT molecular complexity index is 609. The zero-order valence-corrected chi connectivity index (χ0v) is 11.3. The van der Waals surface area contributed by atoms with E-state index in [0.29, 0.717) is 6.42 Å². The molecule has 19 heavy (non-hydrogen) atoms. The third-order valence-electron chi connectivity index (χ3n) is 3.06. The third-order valence-corrected chi connectivity index (χ3v) is 3.06. The lowest BCUT2D eigenvalue weighted by atomic mass is 10.0. The minimum absolute atomic E-state index is 0.230. The molecule has 0 spiro atoms. The van der Waals surface area contributed by atoms with Crippen molar-refractivity contribution in [3.8, 4) is 11.3 Å². The lowest BCUT2D eigenvalue weighted by molar-refractivity contribution is -0.139. The molecule has 0 fully saturated rings. The van der Waals surface area contributed by atoms with E-state index in [9.17, 15) is 4.79 Å². The maximum atomic E-state index is 11.3. The maximum Gasteiger partial charge on any atom is 0.309 e. The molecule has 0 saturated carbocycles. The van der Waals surface area contributed by atoms with E-state index < -0.39 is 0 Å². The highest BCUT2D eigenvalue weighted by atomic mass is 16.5. The first-order chi connectivity index (χ1) is 9.11. The second-order valence-corrected chi connectivity index (χ2v) is 4.38. The second kappa shape index (κ2) is 5.61. The van der Waals surface area contributed by atoms with Crippen LogP contribution in [0, 0.1) is 13.8 Å². The van der Waals surface area contributed by atoms with Gasteiger partial charge in [0.15, 0.2) is 0 Å². The normalized spacial score (nSPS) is 10.3. The number of carbonyl (C=O) groups is 1. The molecule has 0 aliphatic carbocycles. The van der Waals surface area contributed by atoms with Crippen LogP contribution >= 0.6 is 0 Å². The number of benzene rings is 1. The zero-order valence-electron chi connectivity index (χ0n) is 11.3. The maximum absolute atomic E-state index is 11.3. The highest BCUT2D eigenvalue weighted by molar-refractivity contribution is 5.73. The number of rotatable bonds is 3. The number of aryl methyl sites for hydroxylation is 2. The highest BCUT2D eigenvalue weighted by Crippen LogP contribution is 2.22. The molecule has 0 atom stereocenters. The van der Waals surface area contributed by atoms with Crippen molar-refractivity contribution in [1.82, 2.24) is 9.97 Å². The van der Waals surface area contributed by atoms with Crippen molar-refractivity contribution in [3.05, 3.63) is 47.4 Å². The lowest BCUT2D eigenvalue weighted by Gasteiger charge is -2.08. The lowest BCUT2D eigenvalue weighted by Crippen LogP contribution is -2.05. The van der Waals surface area contributed by atoms with Gasteiger partial charge in [-0.15, -0.1) is 0 Å². The molecular weight excluding hydrogens is 240 g/mol. The number of nitrogens with zero attached hydrogens (tertiary/aromatic N) is 2. The molecule has 2 aromatic rings. The van der Waals surface area contributed by atoms with Gasteiger partial charge in [0.1, 0.15) is 0 Å². The van der Waals surface area contributed by atoms with E-state index in [-0.39, 0.29) is 5.97 Å². The van der Waals surface area contributed by atoms with E-state index in [1.807, 2.05) is 32.0 Å². The topological polar surface area (TPSA) is 52.1 Å². The summed E-state index contributed by atoms with van der Waals surface area (Å²) in [5.74, 6) is -0.230. The summed E-state index contributed by atoms with van der Waals surface area (Å²) in [5.41, 5.74) is 4.79. The van der Waals surface area contributed by atoms with Crippen LogP contribution in [0.2, 0.25) is 0 Å². The summed E-state index contributed by atoms with van der Waals surface area (Å²) in [7, 11) is 1.40. The number of aromatic nitrogens is 2. The number of hydrogen-bond acceptors (Lipinski definition) is 4. The molecule has 0 saturated heterocycles. The van der Waals surface area contributed by atoms with Gasteiger partial charge < -0.3 is 4.74 Å². The predicted octanol–water partition coefficient (Wildman–Crippen LogP) is 2.48. The molecule has 0 radical (unpaired) electrons. The van der Waals surface area contributed by atoms with Gasteiger partial charge in [0.25, 0.3) is 0 Å². The smallest absolute Gasteiger partial charge is 0.309 e. The molecule has 1 heterocycles. The molecule has 1 aromatic carbocycles. The Morgan fingerprint density at radius 3 is 2.58 bits per heavy atom. The number of carbonyl (C=O) groups excluding carboxylic acids is 1. The Labute approximate surface area is 112 Å². The first-order valence-corrected chi connectivity index (χ1v) is 6.06. The van der Waals surface area contributed by atoms with Gasteiger partial charge >= 0.3 is 5.97 Å². The standard InChI is InChI=1S/C15H16N2O2/c1-10-8-13(15-11(2)16-6-7-17-15)5-4-12(10)9-14(18)19-3/h4-8H,9H2,1-3H3. The molecule has 4 nitrogen and oxygen atoms in total. The van der Waals surface area contributed by atoms with Crippen LogP contribution in [0.1, 0.15) is 16.8 Å². The Kier molecular flexibility index (Phi) is 3.90. The van der Waals surface area contributed by atoms with Crippen LogP contribution in [0.4, 0.5) is 0 Å². The average molecular weight is 256 g/mol. The fraction of sp³-hybridized carbons (Fsp3) is 0.267. The summed E-state index contributed by atoms with van der Waals surface area (Å²) >= 11 is 0. The Morgan fingerprint density at radius 1 is 1.21 bits per heavy atom. The molecule has 0 amide bonds. The largest absolute Gasteiger partial charge is 0.469 e. The van der Waals surface area contributed by atoms with Crippen LogP contribution in [-0.4, -0.2) is 23.0 Å². The first-order valence-electron chi connectivity index (χ1n) is 6.06. The van der Waals surface area contributed by atoms with E-state index in [4.69, 9.17) is 0 Å². The Hall–Kier alpha value is -2.23. The van der Waals surface area contributed by atoms with Gasteiger partial charge in [0.2, 0.25) is 0 Å². The number of esters is 1. The van der Waals surface area contributed by atoms with Gasteiger partial charge in [0.05, 0.1) is 24.9 Å². The molecule has 4 heteroatoms. The summed E-state index contributed by atoms with van der Waals surface area (Å²) in [6.07, 6.45) is 3.65. The fourth-order valence-corrected chi connectivity index (χ4v) is 1.96. The van der Waals surface area contributed by atoms with Gasteiger partial charge in [-0.05, 0) is 31.0 Å². The Morgan fingerprint density at radius 2 is 1.95 bits per heavy atom. The summed E-state index contributed by atoms with van der Waals surface area (Å²) in [6, 6.07) is 5.92. The molecule has 98 valence electrons. The minimum Gasteiger partial charge on any atom is -0.469 e. The van der Waals surface area contributed by atoms with Crippen LogP contribution in [0.25, 0.3) is 11.3 Å². The van der Waals surface area contributed by atoms with Crippen LogP contribution in [0.15, 0.2) is 30.6 Å². The van der Waals surface area contributed by atoms with Crippen LogP contribution in [0.3, 0.4) is 0 Å². The van der Waals surface area contributed by atoms with E-state index in [2.05, 4.69) is 14.7 Å². The fourth-order valence-electron chi connectivity index (χ4n) is 1.96. The van der Waals surface area contributed by atoms with E-state index in [1.165, 1.54) is 7.11 Å². The van der Waals surface area contributed by atoms with Gasteiger partial charge in [0, 0.05) is 18.0 Å². The molecular formula is C15H16N2O2. The van der Waals surface area contributed by atoms with E-state index >= 15 is 0 Å². The molecule has 2 rings (SSSR count). The molecule has 0 bridgehead atoms. The molecule has 0 aliphatic heterocycles. The summed E-state index contributed by atoms with van der Waals surface area (Å²) < 4.78 is 4.68. The number of methoxy groups -OCH3 is 1. The molecule has 0 N–H and O–H groups in total. The minimum atomic E-state index is -0.230. The van der Waals surface area contributed by atoms with Crippen molar-refractivity contribution < 1.29 is 9.53 Å². The first kappa shape index (κ1) is 13.2. The van der Waals surface area contributed by atoms with Crippen molar-refractivity contribution in [3.63, 3.8) is 0 Å². The average Bonchev–Trinajstić information content (AvgIpc) is 2.41. The van der Waals surface area contributed by atoms with Crippen molar-refractivity contribution in [2.24, 2.45) is 0 Å². The van der Waals surface area contributed by atoms with E-state index in [1.54, 1.807) is 12.4 Å². The van der Waals surface area contributed by atoms with Crippen LogP contribution < -0.4 is 0 Å². The highest BCUT2D eigenvalue weighted by Gasteiger charge is 2.09. The van der Waals surface area contributed by atoms with Crippen molar-refractivity contribution >= 4 is 5.97 Å². The SMILES string of the molecule is COC(=O)Cc1ccc(-c2nccnc2C)cc1C. The third kappa shape index (κ3) is 2.96. The van der Waals surface area contributed by atoms with Gasteiger partial charge in [-0.25, -0.2) is 0 Å². The monoisotopic (exact) mass is 256 g/mol. The van der Waals surface area contributed by atoms with Crippen molar-refractivity contribution in [1.29, 1.82) is 0 Å². The van der Waals surface area contributed by atoms with Crippen molar-refractivity contribution in [2.75, 3.05) is 7.11 Å². The molecule has 0 unspecified atom stereocenters. The summed E-state index contributed by atoms with van der Waals surface area (Å²) in [5, 5.41) is 0. The van der Waals surface area contributed by atoms with E-state index in [0.717, 1.165) is 28.1 Å². The van der Waals surface area contributed by atoms with Crippen LogP contribution in [-0.2, 0) is 16.0 Å². The summed E-state index contributed by atoms with van der Waals surface area (Å²) in [6.45, 7) is 3.91. The van der Waals surface area contributed by atoms with Crippen LogP contribution in [0.5, 0.6) is 0 Å². The molecule has 1 aromatic heterocycles. The number of hydrogen-bond donors (Lipinski definition) is 0. The quantitative estimate of drug-likeness (QED) is 0.792. The zero-order chi connectivity index (χ0) is 13.8.